The van der Waals surface area contributed by atoms with Crippen molar-refractivity contribution in [1.82, 2.24) is 19.2 Å². The van der Waals surface area contributed by atoms with E-state index in [4.69, 9.17) is 15.2 Å². The highest BCUT2D eigenvalue weighted by Crippen LogP contribution is 2.44. The Morgan fingerprint density at radius 1 is 1.15 bits per heavy atom. The van der Waals surface area contributed by atoms with Gasteiger partial charge in [-0.05, 0) is 12.1 Å². The van der Waals surface area contributed by atoms with Crippen molar-refractivity contribution in [1.29, 1.82) is 0 Å². The van der Waals surface area contributed by atoms with Gasteiger partial charge in [0.2, 0.25) is 5.69 Å². The minimum Gasteiger partial charge on any atom is -0.364 e. The number of aryl methyl sites for hydroxylation is 3. The number of hydrogen-bond donors (Lipinski definition) is 1. The minimum absolute atomic E-state index is 0.0724. The zero-order chi connectivity index (χ0) is 23.9. The normalized spacial score (nSPS) is 20.1. The molecule has 8 nitrogen and oxygen atoms in total. The van der Waals surface area contributed by atoms with E-state index in [1.54, 1.807) is 6.92 Å². The predicted molar refractivity (Wildman–Crippen MR) is 130 cm³/mol. The molecule has 1 fully saturated rings. The molecule has 0 spiro atoms. The quantitative estimate of drug-likeness (QED) is 0.444. The van der Waals surface area contributed by atoms with Crippen LogP contribution >= 0.6 is 0 Å². The fourth-order valence-corrected chi connectivity index (χ4v) is 5.42. The van der Waals surface area contributed by atoms with E-state index in [9.17, 15) is 9.59 Å². The Balaban J connectivity index is 1.56. The fraction of sp³-hybridized carbons (Fsp3) is 0.308. The highest BCUT2D eigenvalue weighted by atomic mass is 16.5. The zero-order valence-electron chi connectivity index (χ0n) is 19.4. The van der Waals surface area contributed by atoms with Crippen LogP contribution in [0.25, 0.3) is 22.3 Å². The predicted octanol–water partition coefficient (Wildman–Crippen LogP) is 3.65. The second-order valence-electron chi connectivity index (χ2n) is 8.92. The highest BCUT2D eigenvalue weighted by Gasteiger charge is 2.55. The van der Waals surface area contributed by atoms with Gasteiger partial charge in [-0.25, -0.2) is 14.3 Å². The van der Waals surface area contributed by atoms with Crippen LogP contribution in [0.5, 0.6) is 0 Å². The molecule has 2 aromatic heterocycles. The van der Waals surface area contributed by atoms with E-state index < -0.39 is 11.9 Å². The van der Waals surface area contributed by atoms with Crippen LogP contribution in [-0.2, 0) is 23.1 Å². The van der Waals surface area contributed by atoms with E-state index in [1.165, 1.54) is 0 Å². The Hall–Kier alpha value is -3.78. The Kier molecular flexibility index (Phi) is 5.53. The van der Waals surface area contributed by atoms with E-state index in [0.29, 0.717) is 42.9 Å². The molecule has 0 aliphatic carbocycles. The average Bonchev–Trinajstić information content (AvgIpc) is 3.54. The maximum absolute atomic E-state index is 14.1. The number of quaternary nitrogens is 1. The summed E-state index contributed by atoms with van der Waals surface area (Å²) in [4.78, 5) is 31.4. The van der Waals surface area contributed by atoms with Gasteiger partial charge in [-0.1, -0.05) is 47.6 Å². The molecular formula is C26H28N5O3+. The molecule has 4 aromatic rings. The molecule has 1 unspecified atom stereocenters. The zero-order valence-corrected chi connectivity index (χ0v) is 19.4. The Bertz CT molecular complexity index is 1370. The molecule has 174 valence electrons. The Morgan fingerprint density at radius 2 is 1.88 bits per heavy atom. The molecule has 2 amide bonds. The summed E-state index contributed by atoms with van der Waals surface area (Å²) >= 11 is 0. The van der Waals surface area contributed by atoms with E-state index in [1.807, 2.05) is 66.2 Å². The monoisotopic (exact) mass is 458 g/mol. The van der Waals surface area contributed by atoms with Gasteiger partial charge in [0.25, 0.3) is 5.91 Å². The van der Waals surface area contributed by atoms with Crippen molar-refractivity contribution in [2.45, 2.75) is 38.6 Å². The van der Waals surface area contributed by atoms with Crippen LogP contribution in [0, 0.1) is 6.92 Å². The molecule has 2 aromatic carbocycles. The third-order valence-corrected chi connectivity index (χ3v) is 7.01. The van der Waals surface area contributed by atoms with Crippen molar-refractivity contribution in [3.63, 3.8) is 0 Å². The topological polar surface area (TPSA) is 104 Å². The maximum atomic E-state index is 14.1. The molecule has 1 aliphatic rings. The van der Waals surface area contributed by atoms with Gasteiger partial charge in [0.1, 0.15) is 5.82 Å². The summed E-state index contributed by atoms with van der Waals surface area (Å²) in [6, 6.07) is 16.8. The number of imidazole rings is 1. The molecule has 3 heterocycles. The molecule has 34 heavy (non-hydrogen) atoms. The second-order valence-corrected chi connectivity index (χ2v) is 8.92. The molecular weight excluding hydrogens is 430 g/mol. The third kappa shape index (κ3) is 3.42. The lowest BCUT2D eigenvalue weighted by Gasteiger charge is -2.35. The van der Waals surface area contributed by atoms with Gasteiger partial charge in [0, 0.05) is 38.8 Å². The lowest BCUT2D eigenvalue weighted by molar-refractivity contribution is -0.136. The number of hydrogen-bond acceptors (Lipinski definition) is 5. The molecule has 2 atom stereocenters. The van der Waals surface area contributed by atoms with Crippen molar-refractivity contribution in [2.24, 2.45) is 12.8 Å². The minimum atomic E-state index is -0.659. The smallest absolute Gasteiger partial charge is 0.319 e. The summed E-state index contributed by atoms with van der Waals surface area (Å²) in [5.41, 5.74) is 9.85. The summed E-state index contributed by atoms with van der Waals surface area (Å²) in [5.74, 6) is 0.806. The third-order valence-electron chi connectivity index (χ3n) is 7.01. The molecule has 0 radical (unpaired) electrons. The van der Waals surface area contributed by atoms with Crippen molar-refractivity contribution in [2.75, 3.05) is 6.54 Å². The number of rotatable bonds is 6. The first-order chi connectivity index (χ1) is 16.4. The molecule has 0 saturated carbocycles. The van der Waals surface area contributed by atoms with E-state index in [0.717, 1.165) is 22.4 Å². The van der Waals surface area contributed by atoms with Gasteiger partial charge in [0.05, 0.1) is 24.0 Å². The SMILES string of the molecule is Cc1onc(-c2ccccc2)c1[N+]1(C(=O)CCc2nc3ccccc3n2C)CCC[C@H]1C(N)=O. The lowest BCUT2D eigenvalue weighted by Crippen LogP contribution is -2.62. The van der Waals surface area contributed by atoms with Crippen LogP contribution in [0.3, 0.4) is 0 Å². The van der Waals surface area contributed by atoms with Crippen molar-refractivity contribution >= 4 is 28.5 Å². The van der Waals surface area contributed by atoms with Gasteiger partial charge >= 0.3 is 5.91 Å². The number of nitrogens with zero attached hydrogens (tertiary/aromatic N) is 4. The first-order valence-electron chi connectivity index (χ1n) is 11.6. The highest BCUT2D eigenvalue weighted by molar-refractivity contribution is 5.99. The van der Waals surface area contributed by atoms with Gasteiger partial charge in [-0.2, -0.15) is 0 Å². The Labute approximate surface area is 197 Å². The molecule has 1 aliphatic heterocycles. The standard InChI is InChI=1S/C26H27N5O3/c1-17-25(24(29-34-17)18-9-4-3-5-10-18)31(16-8-13-21(31)26(27)33)23(32)15-14-22-28-19-11-6-7-12-20(19)30(22)2/h3-7,9-12,21H,8,13-16H2,1-2H3,(H-,27,33)/p+1/t21-,31?/m0/s1. The van der Waals surface area contributed by atoms with Crippen LogP contribution in [0.15, 0.2) is 59.1 Å². The van der Waals surface area contributed by atoms with Gasteiger partial charge in [-0.15, -0.1) is 0 Å². The summed E-state index contributed by atoms with van der Waals surface area (Å²) < 4.78 is 7.46. The second kappa shape index (κ2) is 8.53. The summed E-state index contributed by atoms with van der Waals surface area (Å²) in [5, 5.41) is 4.30. The Morgan fingerprint density at radius 3 is 2.62 bits per heavy atom. The number of carbonyl (C=O) groups is 2. The molecule has 1 saturated heterocycles. The van der Waals surface area contributed by atoms with Crippen LogP contribution in [0.1, 0.15) is 30.8 Å². The number of benzene rings is 2. The van der Waals surface area contributed by atoms with Gasteiger partial charge in [-0.3, -0.25) is 4.79 Å². The summed E-state index contributed by atoms with van der Waals surface area (Å²) in [6.45, 7) is 2.28. The number of para-hydroxylation sites is 2. The molecule has 2 N–H and O–H groups in total. The number of amides is 2. The van der Waals surface area contributed by atoms with Gasteiger partial charge < -0.3 is 14.8 Å². The fourth-order valence-electron chi connectivity index (χ4n) is 5.42. The molecule has 0 bridgehead atoms. The van der Waals surface area contributed by atoms with Crippen molar-refractivity contribution < 1.29 is 14.1 Å². The summed E-state index contributed by atoms with van der Waals surface area (Å²) in [7, 11) is 1.96. The number of likely N-dealkylation sites (tertiary alicyclic amines) is 1. The first kappa shape index (κ1) is 22.0. The largest absolute Gasteiger partial charge is 0.364 e. The van der Waals surface area contributed by atoms with Crippen LogP contribution in [0.4, 0.5) is 5.69 Å². The van der Waals surface area contributed by atoms with Gasteiger partial charge in [0.15, 0.2) is 17.5 Å². The van der Waals surface area contributed by atoms with Crippen LogP contribution < -0.4 is 10.2 Å². The number of carbonyl (C=O) groups excluding carboxylic acids is 2. The number of nitrogens with two attached hydrogens (primary N) is 1. The van der Waals surface area contributed by atoms with Crippen molar-refractivity contribution in [3.05, 3.63) is 66.2 Å². The maximum Gasteiger partial charge on any atom is 0.319 e. The van der Waals surface area contributed by atoms with E-state index in [2.05, 4.69) is 5.16 Å². The van der Waals surface area contributed by atoms with Crippen LogP contribution in [-0.4, -0.2) is 39.1 Å². The van der Waals surface area contributed by atoms with Crippen LogP contribution in [0.2, 0.25) is 0 Å². The number of aromatic nitrogens is 3. The number of primary amides is 1. The lowest BCUT2D eigenvalue weighted by atomic mass is 10.0. The van der Waals surface area contributed by atoms with E-state index in [-0.39, 0.29) is 16.8 Å². The average molecular weight is 459 g/mol. The summed E-state index contributed by atoms with van der Waals surface area (Å²) in [6.07, 6.45) is 1.94. The van der Waals surface area contributed by atoms with E-state index >= 15 is 0 Å². The first-order valence-corrected chi connectivity index (χ1v) is 11.6. The number of fused-ring (bicyclic) bond motifs is 1. The van der Waals surface area contributed by atoms with Crippen molar-refractivity contribution in [3.8, 4) is 11.3 Å². The molecule has 8 heteroatoms. The molecule has 5 rings (SSSR count).